The molecule has 0 bridgehead atoms. The first-order valence-corrected chi connectivity index (χ1v) is 13.1. The lowest BCUT2D eigenvalue weighted by molar-refractivity contribution is -0.135. The molecular formula is C26H47N5O5. The number of amides is 5. The molecule has 0 aromatic rings. The second-order valence-corrected chi connectivity index (χ2v) is 11.5. The van der Waals surface area contributed by atoms with Crippen molar-refractivity contribution in [2.45, 2.75) is 112 Å². The van der Waals surface area contributed by atoms with E-state index in [1.165, 1.54) is 6.92 Å². The van der Waals surface area contributed by atoms with E-state index in [2.05, 4.69) is 26.6 Å². The summed E-state index contributed by atoms with van der Waals surface area (Å²) in [6, 6.07) is -4.47. The highest BCUT2D eigenvalue weighted by Crippen LogP contribution is 2.12. The van der Waals surface area contributed by atoms with Gasteiger partial charge in [-0.3, -0.25) is 24.0 Å². The summed E-state index contributed by atoms with van der Waals surface area (Å²) in [5, 5.41) is 13.8. The number of carbonyl (C=O) groups is 5. The number of rotatable bonds is 7. The van der Waals surface area contributed by atoms with E-state index in [-0.39, 0.29) is 23.7 Å². The van der Waals surface area contributed by atoms with Crippen LogP contribution in [0.3, 0.4) is 0 Å². The first kappa shape index (κ1) is 31.4. The fourth-order valence-electron chi connectivity index (χ4n) is 4.11. The van der Waals surface area contributed by atoms with Gasteiger partial charge >= 0.3 is 0 Å². The summed E-state index contributed by atoms with van der Waals surface area (Å²) in [6.45, 7) is 16.7. The van der Waals surface area contributed by atoms with Crippen molar-refractivity contribution in [1.29, 1.82) is 0 Å². The average molecular weight is 510 g/mol. The second-order valence-electron chi connectivity index (χ2n) is 11.5. The van der Waals surface area contributed by atoms with Crippen molar-refractivity contribution in [3.8, 4) is 0 Å². The summed E-state index contributed by atoms with van der Waals surface area (Å²) in [5.41, 5.74) is 0. The Morgan fingerprint density at radius 2 is 0.833 bits per heavy atom. The summed E-state index contributed by atoms with van der Waals surface area (Å²) < 4.78 is 0. The van der Waals surface area contributed by atoms with E-state index in [1.54, 1.807) is 13.8 Å². The zero-order chi connectivity index (χ0) is 27.7. The number of hydrogen-bond donors (Lipinski definition) is 5. The fourth-order valence-corrected chi connectivity index (χ4v) is 4.11. The largest absolute Gasteiger partial charge is 0.343 e. The average Bonchev–Trinajstić information content (AvgIpc) is 2.73. The molecule has 0 radical (unpaired) electrons. The van der Waals surface area contributed by atoms with Crippen LogP contribution in [0.1, 0.15) is 81.6 Å². The minimum Gasteiger partial charge on any atom is -0.343 e. The molecule has 0 aromatic heterocycles. The minimum absolute atomic E-state index is 0.0878. The Bertz CT molecular complexity index is 796. The van der Waals surface area contributed by atoms with Gasteiger partial charge < -0.3 is 26.6 Å². The lowest BCUT2D eigenvalue weighted by Gasteiger charge is -2.28. The van der Waals surface area contributed by atoms with Crippen LogP contribution in [-0.2, 0) is 24.0 Å². The normalized spacial score (nSPS) is 27.2. The van der Waals surface area contributed by atoms with Gasteiger partial charge in [0, 0.05) is 0 Å². The van der Waals surface area contributed by atoms with Gasteiger partial charge in [-0.2, -0.15) is 0 Å². The van der Waals surface area contributed by atoms with Gasteiger partial charge in [-0.1, -0.05) is 55.4 Å². The molecule has 1 rings (SSSR count). The molecule has 5 N–H and O–H groups in total. The quantitative estimate of drug-likeness (QED) is 0.351. The monoisotopic (exact) mass is 509 g/mol. The van der Waals surface area contributed by atoms with Gasteiger partial charge in [0.05, 0.1) is 0 Å². The SMILES string of the molecule is CC(C)C[C@@H]1NC(=O)[C@H](CC(C)C)NC(=O)[C@@H](C)NC(=O)[C@H](C(C)C)NC(=O)[C@@H](CC(C)C)NC1=O. The van der Waals surface area contributed by atoms with Crippen LogP contribution in [0.2, 0.25) is 0 Å². The molecule has 1 fully saturated rings. The third-order valence-corrected chi connectivity index (χ3v) is 6.02. The van der Waals surface area contributed by atoms with Gasteiger partial charge in [0.2, 0.25) is 29.5 Å². The molecule has 0 aromatic carbocycles. The van der Waals surface area contributed by atoms with Crippen LogP contribution in [0, 0.1) is 23.7 Å². The predicted molar refractivity (Wildman–Crippen MR) is 139 cm³/mol. The summed E-state index contributed by atoms with van der Waals surface area (Å²) in [5.74, 6) is -2.45. The molecule has 1 saturated heterocycles. The summed E-state index contributed by atoms with van der Waals surface area (Å²) >= 11 is 0. The lowest BCUT2D eigenvalue weighted by atomic mass is 9.98. The summed E-state index contributed by atoms with van der Waals surface area (Å²) in [6.07, 6.45) is 1.08. The molecule has 0 spiro atoms. The molecule has 0 aliphatic carbocycles. The van der Waals surface area contributed by atoms with Crippen molar-refractivity contribution < 1.29 is 24.0 Å². The van der Waals surface area contributed by atoms with Crippen LogP contribution in [-0.4, -0.2) is 59.7 Å². The second kappa shape index (κ2) is 14.2. The fraction of sp³-hybridized carbons (Fsp3) is 0.808. The topological polar surface area (TPSA) is 146 Å². The van der Waals surface area contributed by atoms with E-state index >= 15 is 0 Å². The van der Waals surface area contributed by atoms with Crippen molar-refractivity contribution in [3.05, 3.63) is 0 Å². The Labute approximate surface area is 215 Å². The predicted octanol–water partition coefficient (Wildman–Crippen LogP) is 1.24. The highest BCUT2D eigenvalue weighted by molar-refractivity contribution is 5.97. The molecule has 1 aliphatic heterocycles. The summed E-state index contributed by atoms with van der Waals surface area (Å²) in [7, 11) is 0. The first-order chi connectivity index (χ1) is 16.6. The molecule has 1 aliphatic rings. The molecule has 5 atom stereocenters. The van der Waals surface area contributed by atoms with Gasteiger partial charge in [-0.05, 0) is 49.9 Å². The Morgan fingerprint density at radius 3 is 1.17 bits per heavy atom. The zero-order valence-electron chi connectivity index (χ0n) is 23.4. The molecule has 206 valence electrons. The van der Waals surface area contributed by atoms with Gasteiger partial charge in [-0.15, -0.1) is 0 Å². The van der Waals surface area contributed by atoms with Crippen LogP contribution >= 0.6 is 0 Å². The van der Waals surface area contributed by atoms with Gasteiger partial charge in [0.25, 0.3) is 0 Å². The maximum Gasteiger partial charge on any atom is 0.243 e. The highest BCUT2D eigenvalue weighted by atomic mass is 16.2. The van der Waals surface area contributed by atoms with E-state index in [4.69, 9.17) is 0 Å². The van der Waals surface area contributed by atoms with E-state index in [9.17, 15) is 24.0 Å². The smallest absolute Gasteiger partial charge is 0.243 e. The van der Waals surface area contributed by atoms with Crippen molar-refractivity contribution in [1.82, 2.24) is 26.6 Å². The van der Waals surface area contributed by atoms with Crippen molar-refractivity contribution >= 4 is 29.5 Å². The van der Waals surface area contributed by atoms with Crippen LogP contribution in [0.25, 0.3) is 0 Å². The van der Waals surface area contributed by atoms with E-state index < -0.39 is 59.7 Å². The molecule has 10 heteroatoms. The lowest BCUT2D eigenvalue weighted by Crippen LogP contribution is -2.58. The van der Waals surface area contributed by atoms with E-state index in [0.717, 1.165) is 0 Å². The molecule has 36 heavy (non-hydrogen) atoms. The van der Waals surface area contributed by atoms with Gasteiger partial charge in [0.1, 0.15) is 30.2 Å². The zero-order valence-corrected chi connectivity index (χ0v) is 23.4. The molecule has 0 saturated carbocycles. The third-order valence-electron chi connectivity index (χ3n) is 6.02. The number of hydrogen-bond acceptors (Lipinski definition) is 5. The molecule has 1 heterocycles. The third kappa shape index (κ3) is 10.1. The van der Waals surface area contributed by atoms with Crippen molar-refractivity contribution in [2.75, 3.05) is 0 Å². The van der Waals surface area contributed by atoms with Gasteiger partial charge in [0.15, 0.2) is 0 Å². The van der Waals surface area contributed by atoms with Crippen molar-refractivity contribution in [3.63, 3.8) is 0 Å². The Kier molecular flexibility index (Phi) is 12.4. The Morgan fingerprint density at radius 1 is 0.500 bits per heavy atom. The van der Waals surface area contributed by atoms with E-state index in [1.807, 2.05) is 41.5 Å². The van der Waals surface area contributed by atoms with Crippen LogP contribution in [0.5, 0.6) is 0 Å². The van der Waals surface area contributed by atoms with Crippen LogP contribution < -0.4 is 26.6 Å². The van der Waals surface area contributed by atoms with Crippen molar-refractivity contribution in [2.24, 2.45) is 23.7 Å². The molecule has 0 unspecified atom stereocenters. The molecular weight excluding hydrogens is 462 g/mol. The number of carbonyl (C=O) groups excluding carboxylic acids is 5. The minimum atomic E-state index is -0.930. The van der Waals surface area contributed by atoms with Crippen LogP contribution in [0.15, 0.2) is 0 Å². The maximum atomic E-state index is 13.3. The first-order valence-electron chi connectivity index (χ1n) is 13.1. The Balaban J connectivity index is 3.48. The van der Waals surface area contributed by atoms with Crippen LogP contribution in [0.4, 0.5) is 0 Å². The summed E-state index contributed by atoms with van der Waals surface area (Å²) in [4.78, 5) is 65.7. The van der Waals surface area contributed by atoms with Gasteiger partial charge in [-0.25, -0.2) is 0 Å². The number of nitrogens with one attached hydrogen (secondary N) is 5. The molecule has 10 nitrogen and oxygen atoms in total. The molecule has 5 amide bonds. The van der Waals surface area contributed by atoms with E-state index in [0.29, 0.717) is 19.3 Å². The Hall–Kier alpha value is -2.65. The standard InChI is InChI=1S/C26H47N5O5/c1-13(2)10-18-23(33)29-19(11-14(3)4)24(34)30-20(12-15(5)6)25(35)31-21(16(7)8)26(36)27-17(9)22(32)28-18/h13-21H,10-12H2,1-9H3,(H,27,36)(H,28,32)(H,29,33)(H,30,34)(H,31,35)/t17-,18+,19+,20-,21+/m1/s1. The highest BCUT2D eigenvalue weighted by Gasteiger charge is 2.34. The maximum absolute atomic E-state index is 13.3.